The molecule has 3 aromatic carbocycles. The summed E-state index contributed by atoms with van der Waals surface area (Å²) in [4.78, 5) is 12.9. The van der Waals surface area contributed by atoms with Crippen LogP contribution in [-0.4, -0.2) is 31.1 Å². The molecule has 7 nitrogen and oxygen atoms in total. The highest BCUT2D eigenvalue weighted by atomic mass is 35.5. The van der Waals surface area contributed by atoms with E-state index in [0.29, 0.717) is 20.7 Å². The number of rotatable bonds is 7. The van der Waals surface area contributed by atoms with Crippen molar-refractivity contribution in [2.75, 3.05) is 16.2 Å². The fraction of sp³-hybridized carbons (Fsp3) is 0.0870. The van der Waals surface area contributed by atoms with E-state index in [1.54, 1.807) is 42.5 Å². The lowest BCUT2D eigenvalue weighted by molar-refractivity contribution is -0.114. The Kier molecular flexibility index (Phi) is 7.18. The molecule has 11 heteroatoms. The van der Waals surface area contributed by atoms with E-state index < -0.39 is 22.5 Å². The summed E-state index contributed by atoms with van der Waals surface area (Å²) in [6.07, 6.45) is 0. The molecule has 0 saturated carbocycles. The van der Waals surface area contributed by atoms with Gasteiger partial charge in [0, 0.05) is 15.6 Å². The Morgan fingerprint density at radius 3 is 2.26 bits per heavy atom. The highest BCUT2D eigenvalue weighted by Gasteiger charge is 2.27. The van der Waals surface area contributed by atoms with Crippen LogP contribution in [0.2, 0.25) is 10.0 Å². The highest BCUT2D eigenvalue weighted by Crippen LogP contribution is 2.28. The first kappa shape index (κ1) is 24.2. The largest absolute Gasteiger partial charge is 0.299 e. The van der Waals surface area contributed by atoms with Crippen LogP contribution >= 0.6 is 34.5 Å². The average molecular weight is 533 g/mol. The number of hydrogen-bond acceptors (Lipinski definition) is 6. The molecule has 0 radical (unpaired) electrons. The van der Waals surface area contributed by atoms with Crippen molar-refractivity contribution in [3.05, 3.63) is 88.4 Å². The lowest BCUT2D eigenvalue weighted by atomic mass is 10.2. The fourth-order valence-corrected chi connectivity index (χ4v) is 5.53. The minimum atomic E-state index is -4.05. The molecule has 1 N–H and O–H groups in total. The molecular formula is C23H18Cl2N4O3S2. The molecule has 0 saturated heterocycles. The topological polar surface area (TPSA) is 92.3 Å². The van der Waals surface area contributed by atoms with Crippen LogP contribution in [0.15, 0.2) is 77.7 Å². The molecule has 0 unspecified atom stereocenters. The van der Waals surface area contributed by atoms with Gasteiger partial charge in [0.25, 0.3) is 10.0 Å². The zero-order chi connectivity index (χ0) is 24.3. The van der Waals surface area contributed by atoms with Crippen LogP contribution in [0.4, 0.5) is 10.8 Å². The zero-order valence-corrected chi connectivity index (χ0v) is 20.9. The number of amides is 1. The van der Waals surface area contributed by atoms with Crippen molar-refractivity contribution in [3.63, 3.8) is 0 Å². The van der Waals surface area contributed by atoms with E-state index in [0.717, 1.165) is 15.4 Å². The molecule has 0 fully saturated rings. The van der Waals surface area contributed by atoms with E-state index in [2.05, 4.69) is 15.5 Å². The molecule has 0 spiro atoms. The highest BCUT2D eigenvalue weighted by molar-refractivity contribution is 7.92. The van der Waals surface area contributed by atoms with E-state index in [1.807, 2.05) is 13.0 Å². The Balaban J connectivity index is 1.59. The lowest BCUT2D eigenvalue weighted by Gasteiger charge is -2.24. The summed E-state index contributed by atoms with van der Waals surface area (Å²) in [5.41, 5.74) is 2.02. The van der Waals surface area contributed by atoms with Gasteiger partial charge in [0.15, 0.2) is 0 Å². The Hall–Kier alpha value is -2.98. The molecule has 4 aromatic rings. The second-order valence-electron chi connectivity index (χ2n) is 7.27. The maximum atomic E-state index is 13.4. The number of halogens is 2. The van der Waals surface area contributed by atoms with Gasteiger partial charge in [0.2, 0.25) is 11.0 Å². The number of aromatic nitrogens is 2. The second-order valence-corrected chi connectivity index (χ2v) is 11.0. The molecular weight excluding hydrogens is 515 g/mol. The third-order valence-corrected chi connectivity index (χ3v) is 7.92. The number of hydrogen-bond donors (Lipinski definition) is 1. The standard InChI is InChI=1S/C23H18Cl2N4O3S2/c1-15-3-2-4-19(13-15)29(34(31,32)20-11-9-18(25)10-12-20)14-21(30)26-23-28-27-22(33-23)16-5-7-17(24)8-6-16/h2-13H,14H2,1H3,(H,26,28,30). The lowest BCUT2D eigenvalue weighted by Crippen LogP contribution is -2.38. The van der Waals surface area contributed by atoms with Crippen LogP contribution in [0.1, 0.15) is 5.56 Å². The molecule has 0 aliphatic carbocycles. The normalized spacial score (nSPS) is 11.3. The Morgan fingerprint density at radius 2 is 1.62 bits per heavy atom. The number of anilines is 2. The summed E-state index contributed by atoms with van der Waals surface area (Å²) in [6.45, 7) is 1.39. The molecule has 34 heavy (non-hydrogen) atoms. The van der Waals surface area contributed by atoms with Crippen molar-refractivity contribution in [1.29, 1.82) is 0 Å². The van der Waals surface area contributed by atoms with Gasteiger partial charge in [-0.1, -0.05) is 58.8 Å². The molecule has 0 atom stereocenters. The monoisotopic (exact) mass is 532 g/mol. The van der Waals surface area contributed by atoms with Crippen LogP contribution < -0.4 is 9.62 Å². The van der Waals surface area contributed by atoms with Crippen LogP contribution in [0.3, 0.4) is 0 Å². The van der Waals surface area contributed by atoms with Gasteiger partial charge in [-0.15, -0.1) is 10.2 Å². The molecule has 1 amide bonds. The molecule has 0 bridgehead atoms. The van der Waals surface area contributed by atoms with Gasteiger partial charge < -0.3 is 0 Å². The van der Waals surface area contributed by atoms with E-state index in [1.165, 1.54) is 35.6 Å². The van der Waals surface area contributed by atoms with E-state index in [4.69, 9.17) is 23.2 Å². The number of carbonyl (C=O) groups excluding carboxylic acids is 1. The average Bonchev–Trinajstić information content (AvgIpc) is 3.26. The van der Waals surface area contributed by atoms with Crippen LogP contribution in [0.5, 0.6) is 0 Å². The minimum absolute atomic E-state index is 0.0205. The van der Waals surface area contributed by atoms with Crippen molar-refractivity contribution >= 4 is 61.3 Å². The Bertz CT molecular complexity index is 1420. The molecule has 1 heterocycles. The fourth-order valence-electron chi connectivity index (χ4n) is 3.10. The SMILES string of the molecule is Cc1cccc(N(CC(=O)Nc2nnc(-c3ccc(Cl)cc3)s2)S(=O)(=O)c2ccc(Cl)cc2)c1. The van der Waals surface area contributed by atoms with Crippen molar-refractivity contribution in [2.24, 2.45) is 0 Å². The molecule has 174 valence electrons. The predicted octanol–water partition coefficient (Wildman–Crippen LogP) is 5.65. The third kappa shape index (κ3) is 5.56. The summed E-state index contributed by atoms with van der Waals surface area (Å²) in [5, 5.41) is 12.6. The van der Waals surface area contributed by atoms with E-state index in [-0.39, 0.29) is 10.0 Å². The number of carbonyl (C=O) groups is 1. The third-order valence-electron chi connectivity index (χ3n) is 4.74. The number of benzene rings is 3. The first-order valence-corrected chi connectivity index (χ1v) is 13.0. The van der Waals surface area contributed by atoms with E-state index >= 15 is 0 Å². The van der Waals surface area contributed by atoms with Gasteiger partial charge in [-0.3, -0.25) is 14.4 Å². The van der Waals surface area contributed by atoms with Gasteiger partial charge in [0.05, 0.1) is 10.6 Å². The number of sulfonamides is 1. The quantitative estimate of drug-likeness (QED) is 0.331. The number of nitrogens with zero attached hydrogens (tertiary/aromatic N) is 3. The van der Waals surface area contributed by atoms with Gasteiger partial charge in [-0.2, -0.15) is 0 Å². The van der Waals surface area contributed by atoms with Gasteiger partial charge >= 0.3 is 0 Å². The maximum Gasteiger partial charge on any atom is 0.264 e. The van der Waals surface area contributed by atoms with Gasteiger partial charge in [-0.25, -0.2) is 8.42 Å². The second kappa shape index (κ2) is 10.1. The minimum Gasteiger partial charge on any atom is -0.299 e. The molecule has 0 aliphatic heterocycles. The van der Waals surface area contributed by atoms with Crippen LogP contribution in [-0.2, 0) is 14.8 Å². The Labute approximate surface area is 211 Å². The molecule has 4 rings (SSSR count). The summed E-state index contributed by atoms with van der Waals surface area (Å²) in [6, 6.07) is 19.8. The maximum absolute atomic E-state index is 13.4. The Morgan fingerprint density at radius 1 is 0.971 bits per heavy atom. The summed E-state index contributed by atoms with van der Waals surface area (Å²) < 4.78 is 27.9. The summed E-state index contributed by atoms with van der Waals surface area (Å²) in [5.74, 6) is -0.558. The van der Waals surface area contributed by atoms with Crippen LogP contribution in [0.25, 0.3) is 10.6 Å². The predicted molar refractivity (Wildman–Crippen MR) is 136 cm³/mol. The van der Waals surface area contributed by atoms with Crippen molar-refractivity contribution < 1.29 is 13.2 Å². The molecule has 1 aromatic heterocycles. The summed E-state index contributed by atoms with van der Waals surface area (Å²) >= 11 is 13.0. The van der Waals surface area contributed by atoms with Gasteiger partial charge in [0.1, 0.15) is 11.6 Å². The van der Waals surface area contributed by atoms with Crippen molar-refractivity contribution in [2.45, 2.75) is 11.8 Å². The first-order valence-electron chi connectivity index (χ1n) is 9.97. The zero-order valence-electron chi connectivity index (χ0n) is 17.8. The van der Waals surface area contributed by atoms with Crippen molar-refractivity contribution in [1.82, 2.24) is 10.2 Å². The van der Waals surface area contributed by atoms with Gasteiger partial charge in [-0.05, 0) is 61.0 Å². The first-order chi connectivity index (χ1) is 16.2. The van der Waals surface area contributed by atoms with E-state index in [9.17, 15) is 13.2 Å². The summed E-state index contributed by atoms with van der Waals surface area (Å²) in [7, 11) is -4.05. The smallest absolute Gasteiger partial charge is 0.264 e. The van der Waals surface area contributed by atoms with Crippen LogP contribution in [0, 0.1) is 6.92 Å². The number of aryl methyl sites for hydroxylation is 1. The molecule has 0 aliphatic rings. The number of nitrogens with one attached hydrogen (secondary N) is 1. The van der Waals surface area contributed by atoms with Crippen molar-refractivity contribution in [3.8, 4) is 10.6 Å².